The summed E-state index contributed by atoms with van der Waals surface area (Å²) in [6.07, 6.45) is 5.29. The predicted octanol–water partition coefficient (Wildman–Crippen LogP) is 2.71. The number of benzene rings is 1. The Balaban J connectivity index is 1.92. The number of hydrogen-bond acceptors (Lipinski definition) is 2. The molecule has 0 radical (unpaired) electrons. The van der Waals surface area contributed by atoms with Gasteiger partial charge in [0.1, 0.15) is 5.58 Å². The summed E-state index contributed by atoms with van der Waals surface area (Å²) >= 11 is 0. The van der Waals surface area contributed by atoms with Gasteiger partial charge in [0, 0.05) is 11.4 Å². The number of hydrogen-bond donors (Lipinski definition) is 1. The first-order valence-electron chi connectivity index (χ1n) is 5.55. The average Bonchev–Trinajstić information content (AvgIpc) is 2.97. The van der Waals surface area contributed by atoms with Gasteiger partial charge in [-0.3, -0.25) is 0 Å². The highest BCUT2D eigenvalue weighted by atomic mass is 16.3. The van der Waals surface area contributed by atoms with E-state index in [1.54, 1.807) is 6.26 Å². The fraction of sp³-hybridized carbons (Fsp3) is 0.385. The van der Waals surface area contributed by atoms with E-state index >= 15 is 0 Å². The zero-order valence-corrected chi connectivity index (χ0v) is 8.65. The molecule has 15 heavy (non-hydrogen) atoms. The molecule has 0 spiro atoms. The largest absolute Gasteiger partial charge is 0.464 e. The molecule has 0 bridgehead atoms. The normalized spacial score (nSPS) is 18.2. The molecular formula is C13H15NO. The lowest BCUT2D eigenvalue weighted by atomic mass is 10.0. The van der Waals surface area contributed by atoms with Gasteiger partial charge in [0.15, 0.2) is 0 Å². The minimum absolute atomic E-state index is 0.306. The van der Waals surface area contributed by atoms with E-state index in [9.17, 15) is 0 Å². The molecule has 1 saturated carbocycles. The van der Waals surface area contributed by atoms with Crippen LogP contribution in [0, 0.1) is 5.92 Å². The Morgan fingerprint density at radius 3 is 3.00 bits per heavy atom. The molecule has 1 unspecified atom stereocenters. The summed E-state index contributed by atoms with van der Waals surface area (Å²) < 4.78 is 5.49. The van der Waals surface area contributed by atoms with Gasteiger partial charge < -0.3 is 10.2 Å². The van der Waals surface area contributed by atoms with Crippen molar-refractivity contribution in [3.8, 4) is 0 Å². The van der Waals surface area contributed by atoms with Crippen molar-refractivity contribution in [2.24, 2.45) is 11.7 Å². The molecule has 1 fully saturated rings. The van der Waals surface area contributed by atoms with E-state index in [2.05, 4.69) is 18.2 Å². The number of nitrogens with two attached hydrogens (primary N) is 1. The Hall–Kier alpha value is -1.28. The zero-order valence-electron chi connectivity index (χ0n) is 8.65. The molecule has 2 heteroatoms. The van der Waals surface area contributed by atoms with Crippen molar-refractivity contribution >= 4 is 11.0 Å². The summed E-state index contributed by atoms with van der Waals surface area (Å²) in [5.41, 5.74) is 8.38. The molecule has 0 saturated heterocycles. The number of fused-ring (bicyclic) bond motifs is 1. The Morgan fingerprint density at radius 2 is 2.20 bits per heavy atom. The van der Waals surface area contributed by atoms with Gasteiger partial charge in [-0.25, -0.2) is 0 Å². The Morgan fingerprint density at radius 1 is 1.33 bits per heavy atom. The van der Waals surface area contributed by atoms with Crippen molar-refractivity contribution in [1.29, 1.82) is 0 Å². The number of furan rings is 1. The Labute approximate surface area is 89.1 Å². The van der Waals surface area contributed by atoms with E-state index in [1.165, 1.54) is 23.8 Å². The van der Waals surface area contributed by atoms with Crippen molar-refractivity contribution in [2.75, 3.05) is 0 Å². The van der Waals surface area contributed by atoms with Crippen LogP contribution in [0.2, 0.25) is 0 Å². The van der Waals surface area contributed by atoms with Crippen molar-refractivity contribution in [2.45, 2.75) is 25.3 Å². The van der Waals surface area contributed by atoms with E-state index in [4.69, 9.17) is 10.2 Å². The molecule has 2 nitrogen and oxygen atoms in total. The van der Waals surface area contributed by atoms with Gasteiger partial charge in [-0.05, 0) is 36.8 Å². The molecule has 1 aromatic heterocycles. The SMILES string of the molecule is NC(Cc1cccc2ccoc12)C1CC1. The molecule has 0 amide bonds. The van der Waals surface area contributed by atoms with Crippen LogP contribution in [0.4, 0.5) is 0 Å². The van der Waals surface area contributed by atoms with Gasteiger partial charge in [0.2, 0.25) is 0 Å². The summed E-state index contributed by atoms with van der Waals surface area (Å²) in [5, 5.41) is 1.18. The highest BCUT2D eigenvalue weighted by Crippen LogP contribution is 2.33. The third-order valence-electron chi connectivity index (χ3n) is 3.24. The molecule has 78 valence electrons. The summed E-state index contributed by atoms with van der Waals surface area (Å²) in [6, 6.07) is 8.58. The van der Waals surface area contributed by atoms with E-state index in [0.29, 0.717) is 6.04 Å². The van der Waals surface area contributed by atoms with Crippen LogP contribution in [0.3, 0.4) is 0 Å². The van der Waals surface area contributed by atoms with Crippen molar-refractivity contribution < 1.29 is 4.42 Å². The first-order valence-corrected chi connectivity index (χ1v) is 5.55. The highest BCUT2D eigenvalue weighted by Gasteiger charge is 2.28. The van der Waals surface area contributed by atoms with Gasteiger partial charge in [-0.2, -0.15) is 0 Å². The highest BCUT2D eigenvalue weighted by molar-refractivity contribution is 5.80. The average molecular weight is 201 g/mol. The summed E-state index contributed by atoms with van der Waals surface area (Å²) in [7, 11) is 0. The molecule has 1 atom stereocenters. The fourth-order valence-electron chi connectivity index (χ4n) is 2.16. The first-order chi connectivity index (χ1) is 7.34. The third-order valence-corrected chi connectivity index (χ3v) is 3.24. The summed E-state index contributed by atoms with van der Waals surface area (Å²) in [4.78, 5) is 0. The minimum Gasteiger partial charge on any atom is -0.464 e. The number of rotatable bonds is 3. The van der Waals surface area contributed by atoms with Crippen LogP contribution in [-0.2, 0) is 6.42 Å². The predicted molar refractivity (Wildman–Crippen MR) is 60.6 cm³/mol. The van der Waals surface area contributed by atoms with Crippen LogP contribution in [0.5, 0.6) is 0 Å². The van der Waals surface area contributed by atoms with Gasteiger partial charge in [0.25, 0.3) is 0 Å². The molecule has 1 heterocycles. The van der Waals surface area contributed by atoms with Crippen molar-refractivity contribution in [1.82, 2.24) is 0 Å². The quantitative estimate of drug-likeness (QED) is 0.829. The van der Waals surface area contributed by atoms with Crippen LogP contribution in [0.25, 0.3) is 11.0 Å². The Bertz CT molecular complexity index is 470. The second-order valence-electron chi connectivity index (χ2n) is 4.46. The van der Waals surface area contributed by atoms with E-state index in [-0.39, 0.29) is 0 Å². The van der Waals surface area contributed by atoms with Crippen LogP contribution in [-0.4, -0.2) is 6.04 Å². The van der Waals surface area contributed by atoms with E-state index < -0.39 is 0 Å². The van der Waals surface area contributed by atoms with Gasteiger partial charge in [-0.15, -0.1) is 0 Å². The topological polar surface area (TPSA) is 39.2 Å². The first kappa shape index (κ1) is 8.98. The lowest BCUT2D eigenvalue weighted by Crippen LogP contribution is -2.25. The fourth-order valence-corrected chi connectivity index (χ4v) is 2.16. The van der Waals surface area contributed by atoms with Gasteiger partial charge in [0.05, 0.1) is 6.26 Å². The van der Waals surface area contributed by atoms with Crippen LogP contribution < -0.4 is 5.73 Å². The van der Waals surface area contributed by atoms with Gasteiger partial charge in [-0.1, -0.05) is 18.2 Å². The maximum Gasteiger partial charge on any atom is 0.137 e. The molecular weight excluding hydrogens is 186 g/mol. The summed E-state index contributed by atoms with van der Waals surface area (Å²) in [6.45, 7) is 0. The standard InChI is InChI=1S/C13H15NO/c14-12(9-4-5-9)8-11-3-1-2-10-6-7-15-13(10)11/h1-3,6-7,9,12H,4-5,8,14H2. The maximum atomic E-state index is 6.13. The van der Waals surface area contributed by atoms with Crippen molar-refractivity contribution in [3.63, 3.8) is 0 Å². The molecule has 1 aliphatic carbocycles. The minimum atomic E-state index is 0.306. The maximum absolute atomic E-state index is 6.13. The Kier molecular flexibility index (Phi) is 2.03. The van der Waals surface area contributed by atoms with Crippen LogP contribution >= 0.6 is 0 Å². The lowest BCUT2D eigenvalue weighted by Gasteiger charge is -2.10. The zero-order chi connectivity index (χ0) is 10.3. The molecule has 1 aromatic carbocycles. The van der Waals surface area contributed by atoms with Crippen LogP contribution in [0.1, 0.15) is 18.4 Å². The molecule has 2 aromatic rings. The van der Waals surface area contributed by atoms with Gasteiger partial charge >= 0.3 is 0 Å². The molecule has 0 aliphatic heterocycles. The molecule has 1 aliphatic rings. The third kappa shape index (κ3) is 1.65. The summed E-state index contributed by atoms with van der Waals surface area (Å²) in [5.74, 6) is 0.746. The van der Waals surface area contributed by atoms with Crippen LogP contribution in [0.15, 0.2) is 34.9 Å². The van der Waals surface area contributed by atoms with E-state index in [0.717, 1.165) is 17.9 Å². The van der Waals surface area contributed by atoms with E-state index in [1.807, 2.05) is 6.07 Å². The number of para-hydroxylation sites is 1. The second-order valence-corrected chi connectivity index (χ2v) is 4.46. The second kappa shape index (κ2) is 3.38. The smallest absolute Gasteiger partial charge is 0.137 e. The monoisotopic (exact) mass is 201 g/mol. The lowest BCUT2D eigenvalue weighted by molar-refractivity contribution is 0.575. The molecule has 2 N–H and O–H groups in total. The van der Waals surface area contributed by atoms with Crippen molar-refractivity contribution in [3.05, 3.63) is 36.1 Å². The molecule has 3 rings (SSSR count).